The van der Waals surface area contributed by atoms with Gasteiger partial charge in [0.1, 0.15) is 0 Å². The van der Waals surface area contributed by atoms with Crippen LogP contribution in [0.5, 0.6) is 0 Å². The molecule has 1 heterocycles. The average Bonchev–Trinajstić information content (AvgIpc) is 2.63. The van der Waals surface area contributed by atoms with Crippen LogP contribution in [0.1, 0.15) is 55.6 Å². The van der Waals surface area contributed by atoms with Crippen LogP contribution >= 0.6 is 0 Å². The predicted octanol–water partition coefficient (Wildman–Crippen LogP) is 4.54. The first-order chi connectivity index (χ1) is 11.3. The van der Waals surface area contributed by atoms with Crippen molar-refractivity contribution in [2.75, 3.05) is 13.2 Å². The lowest BCUT2D eigenvalue weighted by molar-refractivity contribution is -0.175. The summed E-state index contributed by atoms with van der Waals surface area (Å²) in [5.41, 5.74) is 2.13. The Hall–Kier alpha value is -1.63. The topological polar surface area (TPSA) is 42.2 Å². The molecular formula is C20H25NO2. The Morgan fingerprint density at radius 1 is 1.04 bits per heavy atom. The Labute approximate surface area is 138 Å². The molecule has 0 radical (unpaired) electrons. The zero-order valence-corrected chi connectivity index (χ0v) is 13.6. The van der Waals surface area contributed by atoms with Gasteiger partial charge in [0.05, 0.1) is 24.8 Å². The van der Waals surface area contributed by atoms with Gasteiger partial charge in [0.2, 0.25) is 0 Å². The van der Waals surface area contributed by atoms with Gasteiger partial charge < -0.3 is 9.47 Å². The van der Waals surface area contributed by atoms with Gasteiger partial charge >= 0.3 is 0 Å². The van der Waals surface area contributed by atoms with Gasteiger partial charge in [-0.1, -0.05) is 24.3 Å². The van der Waals surface area contributed by atoms with Crippen LogP contribution in [0.2, 0.25) is 0 Å². The highest BCUT2D eigenvalue weighted by molar-refractivity contribution is 5.33. The lowest BCUT2D eigenvalue weighted by Gasteiger charge is -2.27. The van der Waals surface area contributed by atoms with Crippen molar-refractivity contribution in [1.82, 2.24) is 0 Å². The molecule has 1 aromatic carbocycles. The Morgan fingerprint density at radius 2 is 1.74 bits per heavy atom. The first-order valence-electron chi connectivity index (χ1n) is 8.75. The molecule has 2 aliphatic rings. The fraction of sp³-hybridized carbons (Fsp3) is 0.550. The van der Waals surface area contributed by atoms with Crippen LogP contribution in [-0.4, -0.2) is 19.5 Å². The molecule has 0 amide bonds. The number of benzene rings is 1. The molecule has 1 aliphatic carbocycles. The highest BCUT2D eigenvalue weighted by Crippen LogP contribution is 2.36. The number of hydrogen-bond acceptors (Lipinski definition) is 3. The third-order valence-corrected chi connectivity index (χ3v) is 4.92. The molecule has 3 nitrogen and oxygen atoms in total. The van der Waals surface area contributed by atoms with E-state index in [4.69, 9.17) is 14.7 Å². The molecule has 1 saturated carbocycles. The van der Waals surface area contributed by atoms with Crippen LogP contribution < -0.4 is 0 Å². The van der Waals surface area contributed by atoms with Gasteiger partial charge in [-0.2, -0.15) is 5.26 Å². The minimum Gasteiger partial charge on any atom is -0.352 e. The SMILES string of the molecule is N#Cc1ccc(C2CCC(C=CCC3OCCCO3)CC2)cc1. The van der Waals surface area contributed by atoms with Crippen molar-refractivity contribution in [3.05, 3.63) is 47.5 Å². The molecule has 23 heavy (non-hydrogen) atoms. The van der Waals surface area contributed by atoms with E-state index in [0.29, 0.717) is 11.8 Å². The smallest absolute Gasteiger partial charge is 0.160 e. The average molecular weight is 311 g/mol. The summed E-state index contributed by atoms with van der Waals surface area (Å²) in [5, 5.41) is 8.87. The molecule has 0 bridgehead atoms. The minimum absolute atomic E-state index is 0.0324. The van der Waals surface area contributed by atoms with Crippen LogP contribution in [0, 0.1) is 17.2 Å². The quantitative estimate of drug-likeness (QED) is 0.767. The van der Waals surface area contributed by atoms with Crippen LogP contribution in [0.3, 0.4) is 0 Å². The third kappa shape index (κ3) is 4.67. The molecule has 0 atom stereocenters. The summed E-state index contributed by atoms with van der Waals surface area (Å²) >= 11 is 0. The van der Waals surface area contributed by atoms with Crippen LogP contribution in [-0.2, 0) is 9.47 Å². The van der Waals surface area contributed by atoms with Crippen molar-refractivity contribution in [3.8, 4) is 6.07 Å². The first-order valence-corrected chi connectivity index (χ1v) is 8.75. The number of ether oxygens (including phenoxy) is 2. The molecule has 122 valence electrons. The van der Waals surface area contributed by atoms with Crippen molar-refractivity contribution in [3.63, 3.8) is 0 Å². The molecule has 2 fully saturated rings. The fourth-order valence-electron chi connectivity index (χ4n) is 3.53. The van der Waals surface area contributed by atoms with Gasteiger partial charge in [-0.05, 0) is 61.6 Å². The Balaban J connectivity index is 1.43. The first kappa shape index (κ1) is 16.2. The van der Waals surface area contributed by atoms with Crippen molar-refractivity contribution in [2.24, 2.45) is 5.92 Å². The van der Waals surface area contributed by atoms with E-state index >= 15 is 0 Å². The number of allylic oxidation sites excluding steroid dienone is 1. The number of rotatable bonds is 4. The molecule has 3 heteroatoms. The van der Waals surface area contributed by atoms with Crippen LogP contribution in [0.25, 0.3) is 0 Å². The molecule has 1 aliphatic heterocycles. The number of hydrogen-bond donors (Lipinski definition) is 0. The van der Waals surface area contributed by atoms with E-state index < -0.39 is 0 Å². The Kier molecular flexibility index (Phi) is 5.85. The maximum Gasteiger partial charge on any atom is 0.160 e. The highest BCUT2D eigenvalue weighted by Gasteiger charge is 2.21. The predicted molar refractivity (Wildman–Crippen MR) is 89.9 cm³/mol. The summed E-state index contributed by atoms with van der Waals surface area (Å²) in [4.78, 5) is 0. The van der Waals surface area contributed by atoms with E-state index in [2.05, 4.69) is 30.4 Å². The summed E-state index contributed by atoms with van der Waals surface area (Å²) < 4.78 is 11.1. The van der Waals surface area contributed by atoms with Crippen molar-refractivity contribution in [1.29, 1.82) is 5.26 Å². The van der Waals surface area contributed by atoms with Gasteiger partial charge in [0.25, 0.3) is 0 Å². The summed E-state index contributed by atoms with van der Waals surface area (Å²) in [6.07, 6.45) is 11.4. The van der Waals surface area contributed by atoms with Gasteiger partial charge in [-0.25, -0.2) is 0 Å². The molecule has 0 spiro atoms. The second-order valence-corrected chi connectivity index (χ2v) is 6.53. The molecule has 0 N–H and O–H groups in total. The summed E-state index contributed by atoms with van der Waals surface area (Å²) in [5.74, 6) is 1.34. The second-order valence-electron chi connectivity index (χ2n) is 6.53. The van der Waals surface area contributed by atoms with Gasteiger partial charge in [-0.3, -0.25) is 0 Å². The molecule has 1 saturated heterocycles. The molecular weight excluding hydrogens is 286 g/mol. The van der Waals surface area contributed by atoms with E-state index in [9.17, 15) is 0 Å². The normalized spacial score (nSPS) is 26.2. The lowest BCUT2D eigenvalue weighted by atomic mass is 9.78. The van der Waals surface area contributed by atoms with Crippen molar-refractivity contribution >= 4 is 0 Å². The minimum atomic E-state index is -0.0324. The number of nitriles is 1. The second kappa shape index (κ2) is 8.29. The molecule has 1 aromatic rings. The van der Waals surface area contributed by atoms with Crippen molar-refractivity contribution < 1.29 is 9.47 Å². The van der Waals surface area contributed by atoms with Crippen LogP contribution in [0.15, 0.2) is 36.4 Å². The van der Waals surface area contributed by atoms with Gasteiger partial charge in [0.15, 0.2) is 6.29 Å². The zero-order valence-electron chi connectivity index (χ0n) is 13.6. The van der Waals surface area contributed by atoms with E-state index in [0.717, 1.165) is 31.6 Å². The largest absolute Gasteiger partial charge is 0.352 e. The van der Waals surface area contributed by atoms with Crippen molar-refractivity contribution in [2.45, 2.75) is 50.7 Å². The van der Waals surface area contributed by atoms with E-state index in [1.54, 1.807) is 0 Å². The number of nitrogens with zero attached hydrogens (tertiary/aromatic N) is 1. The van der Waals surface area contributed by atoms with Crippen LogP contribution in [0.4, 0.5) is 0 Å². The maximum absolute atomic E-state index is 8.87. The fourth-order valence-corrected chi connectivity index (χ4v) is 3.53. The highest BCUT2D eigenvalue weighted by atomic mass is 16.7. The monoisotopic (exact) mass is 311 g/mol. The summed E-state index contributed by atoms with van der Waals surface area (Å²) in [6, 6.07) is 10.3. The molecule has 0 unspecified atom stereocenters. The van der Waals surface area contributed by atoms with Gasteiger partial charge in [-0.15, -0.1) is 0 Å². The third-order valence-electron chi connectivity index (χ3n) is 4.92. The van der Waals surface area contributed by atoms with E-state index in [1.165, 1.54) is 31.2 Å². The zero-order chi connectivity index (χ0) is 15.9. The van der Waals surface area contributed by atoms with E-state index in [-0.39, 0.29) is 6.29 Å². The lowest BCUT2D eigenvalue weighted by Crippen LogP contribution is -2.24. The summed E-state index contributed by atoms with van der Waals surface area (Å²) in [7, 11) is 0. The Morgan fingerprint density at radius 3 is 2.39 bits per heavy atom. The maximum atomic E-state index is 8.87. The Bertz CT molecular complexity index is 544. The van der Waals surface area contributed by atoms with E-state index in [1.807, 2.05) is 12.1 Å². The molecule has 3 rings (SSSR count). The van der Waals surface area contributed by atoms with Gasteiger partial charge in [0, 0.05) is 6.42 Å². The molecule has 0 aromatic heterocycles. The standard InChI is InChI=1S/C20H25NO2/c21-15-17-7-11-19(12-8-17)18-9-5-16(6-10-18)3-1-4-20-22-13-2-14-23-20/h1,3,7-8,11-12,16,18,20H,2,4-6,9-10,13-14H2. The summed E-state index contributed by atoms with van der Waals surface area (Å²) in [6.45, 7) is 1.66.